The Morgan fingerprint density at radius 1 is 1.33 bits per heavy atom. The molecule has 1 aliphatic carbocycles. The third kappa shape index (κ3) is 1.78. The van der Waals surface area contributed by atoms with Crippen molar-refractivity contribution < 1.29 is 9.90 Å². The number of aliphatic carboxylic acids is 1. The van der Waals surface area contributed by atoms with E-state index in [-0.39, 0.29) is 5.92 Å². The van der Waals surface area contributed by atoms with Gasteiger partial charge in [0.25, 0.3) is 0 Å². The lowest BCUT2D eigenvalue weighted by Crippen LogP contribution is -2.12. The quantitative estimate of drug-likeness (QED) is 0.809. The summed E-state index contributed by atoms with van der Waals surface area (Å²) in [7, 11) is 0. The highest BCUT2D eigenvalue weighted by Crippen LogP contribution is 2.36. The van der Waals surface area contributed by atoms with Gasteiger partial charge >= 0.3 is 5.97 Å². The molecule has 2 rings (SSSR count). The molecule has 1 saturated carbocycles. The number of carbonyl (C=O) groups is 1. The largest absolute Gasteiger partial charge is 0.481 e. The Bertz CT molecular complexity index is 361. The molecule has 2 atom stereocenters. The predicted molar refractivity (Wildman–Crippen MR) is 57.9 cm³/mol. The molecule has 82 valence electrons. The Kier molecular flexibility index (Phi) is 2.55. The summed E-state index contributed by atoms with van der Waals surface area (Å²) in [5, 5.41) is 8.96. The summed E-state index contributed by atoms with van der Waals surface area (Å²) in [6.45, 7) is 4.17. The zero-order valence-corrected chi connectivity index (χ0v) is 9.23. The Labute approximate surface area is 89.7 Å². The molecule has 3 heteroatoms. The van der Waals surface area contributed by atoms with Crippen molar-refractivity contribution in [3.05, 3.63) is 23.5 Å². The van der Waals surface area contributed by atoms with Crippen LogP contribution in [0.25, 0.3) is 0 Å². The Balaban J connectivity index is 2.17. The zero-order valence-electron chi connectivity index (χ0n) is 9.23. The molecule has 1 aromatic heterocycles. The number of hydrogen-bond acceptors (Lipinski definition) is 1. The highest BCUT2D eigenvalue weighted by Gasteiger charge is 2.31. The maximum absolute atomic E-state index is 10.9. The summed E-state index contributed by atoms with van der Waals surface area (Å²) in [5.74, 6) is -0.781. The molecular formula is C12H17NO2. The fraction of sp³-hybridized carbons (Fsp3) is 0.583. The molecule has 3 nitrogen and oxygen atoms in total. The van der Waals surface area contributed by atoms with Gasteiger partial charge < -0.3 is 9.67 Å². The van der Waals surface area contributed by atoms with Crippen LogP contribution in [0, 0.1) is 19.8 Å². The van der Waals surface area contributed by atoms with Crippen LogP contribution in [0.5, 0.6) is 0 Å². The zero-order chi connectivity index (χ0) is 11.0. The standard InChI is InChI=1S/C12H17NO2/c1-8-3-4-9(2)13(8)11-6-5-10(7-11)12(14)15/h3-4,10-11H,5-7H2,1-2H3,(H,14,15). The van der Waals surface area contributed by atoms with Crippen LogP contribution in [0.1, 0.15) is 36.7 Å². The van der Waals surface area contributed by atoms with Gasteiger partial charge in [-0.05, 0) is 45.2 Å². The van der Waals surface area contributed by atoms with Crippen molar-refractivity contribution in [2.24, 2.45) is 5.92 Å². The molecule has 0 radical (unpaired) electrons. The van der Waals surface area contributed by atoms with E-state index in [2.05, 4.69) is 30.5 Å². The molecule has 0 bridgehead atoms. The van der Waals surface area contributed by atoms with E-state index in [1.54, 1.807) is 0 Å². The van der Waals surface area contributed by atoms with Crippen LogP contribution in [0.4, 0.5) is 0 Å². The highest BCUT2D eigenvalue weighted by atomic mass is 16.4. The smallest absolute Gasteiger partial charge is 0.306 e. The van der Waals surface area contributed by atoms with Crippen molar-refractivity contribution in [1.29, 1.82) is 0 Å². The Morgan fingerprint density at radius 2 is 1.93 bits per heavy atom. The fourth-order valence-corrected chi connectivity index (χ4v) is 2.67. The van der Waals surface area contributed by atoms with Crippen molar-refractivity contribution in [2.45, 2.75) is 39.2 Å². The molecule has 15 heavy (non-hydrogen) atoms. The second-order valence-corrected chi connectivity index (χ2v) is 4.49. The van der Waals surface area contributed by atoms with Crippen LogP contribution in [0.15, 0.2) is 12.1 Å². The lowest BCUT2D eigenvalue weighted by Gasteiger charge is -2.17. The second kappa shape index (κ2) is 3.72. The third-order valence-corrected chi connectivity index (χ3v) is 3.45. The average molecular weight is 207 g/mol. The molecular weight excluding hydrogens is 190 g/mol. The Hall–Kier alpha value is -1.25. The van der Waals surface area contributed by atoms with Gasteiger partial charge in [0.15, 0.2) is 0 Å². The van der Waals surface area contributed by atoms with Gasteiger partial charge in [-0.3, -0.25) is 4.79 Å². The van der Waals surface area contributed by atoms with Crippen molar-refractivity contribution in [3.8, 4) is 0 Å². The first-order chi connectivity index (χ1) is 7.09. The van der Waals surface area contributed by atoms with Gasteiger partial charge in [0, 0.05) is 17.4 Å². The first-order valence-corrected chi connectivity index (χ1v) is 5.47. The summed E-state index contributed by atoms with van der Waals surface area (Å²) in [5.41, 5.74) is 2.48. The molecule has 0 aliphatic heterocycles. The van der Waals surface area contributed by atoms with Crippen LogP contribution in [-0.4, -0.2) is 15.6 Å². The molecule has 1 fully saturated rings. The summed E-state index contributed by atoms with van der Waals surface area (Å²) in [4.78, 5) is 10.9. The van der Waals surface area contributed by atoms with Crippen LogP contribution in [-0.2, 0) is 4.79 Å². The van der Waals surface area contributed by atoms with Gasteiger partial charge in [-0.1, -0.05) is 0 Å². The molecule has 0 amide bonds. The van der Waals surface area contributed by atoms with Crippen molar-refractivity contribution in [2.75, 3.05) is 0 Å². The summed E-state index contributed by atoms with van der Waals surface area (Å²) in [6.07, 6.45) is 2.59. The third-order valence-electron chi connectivity index (χ3n) is 3.45. The van der Waals surface area contributed by atoms with Crippen LogP contribution in [0.2, 0.25) is 0 Å². The Morgan fingerprint density at radius 3 is 2.40 bits per heavy atom. The first-order valence-electron chi connectivity index (χ1n) is 5.47. The molecule has 0 aromatic carbocycles. The number of hydrogen-bond donors (Lipinski definition) is 1. The van der Waals surface area contributed by atoms with E-state index < -0.39 is 5.97 Å². The van der Waals surface area contributed by atoms with Crippen molar-refractivity contribution in [1.82, 2.24) is 4.57 Å². The number of aromatic nitrogens is 1. The second-order valence-electron chi connectivity index (χ2n) is 4.49. The van der Waals surface area contributed by atoms with Gasteiger partial charge in [0.1, 0.15) is 0 Å². The number of aryl methyl sites for hydroxylation is 2. The molecule has 1 N–H and O–H groups in total. The van der Waals surface area contributed by atoms with Gasteiger partial charge in [-0.25, -0.2) is 0 Å². The molecule has 0 saturated heterocycles. The van der Waals surface area contributed by atoms with Crippen LogP contribution in [0.3, 0.4) is 0 Å². The number of nitrogens with zero attached hydrogens (tertiary/aromatic N) is 1. The summed E-state index contributed by atoms with van der Waals surface area (Å²) in [6, 6.07) is 4.59. The average Bonchev–Trinajstić information content (AvgIpc) is 2.73. The number of carboxylic acid groups (broad SMARTS) is 1. The lowest BCUT2D eigenvalue weighted by atomic mass is 10.1. The highest BCUT2D eigenvalue weighted by molar-refractivity contribution is 5.70. The van der Waals surface area contributed by atoms with Crippen LogP contribution >= 0.6 is 0 Å². The normalized spacial score (nSPS) is 25.7. The van der Waals surface area contributed by atoms with E-state index in [4.69, 9.17) is 5.11 Å². The van der Waals surface area contributed by atoms with Gasteiger partial charge in [0.2, 0.25) is 0 Å². The van der Waals surface area contributed by atoms with E-state index in [1.807, 2.05) is 0 Å². The predicted octanol–water partition coefficient (Wildman–Crippen LogP) is 2.53. The summed E-state index contributed by atoms with van der Waals surface area (Å²) < 4.78 is 2.28. The number of carboxylic acids is 1. The molecule has 2 unspecified atom stereocenters. The molecule has 1 aliphatic rings. The SMILES string of the molecule is Cc1ccc(C)n1C1CCC(C(=O)O)C1. The molecule has 0 spiro atoms. The van der Waals surface area contributed by atoms with E-state index in [0.29, 0.717) is 6.04 Å². The van der Waals surface area contributed by atoms with Gasteiger partial charge in [-0.15, -0.1) is 0 Å². The van der Waals surface area contributed by atoms with Crippen LogP contribution < -0.4 is 0 Å². The number of rotatable bonds is 2. The lowest BCUT2D eigenvalue weighted by molar-refractivity contribution is -0.141. The monoisotopic (exact) mass is 207 g/mol. The maximum Gasteiger partial charge on any atom is 0.306 e. The van der Waals surface area contributed by atoms with Gasteiger partial charge in [-0.2, -0.15) is 0 Å². The minimum atomic E-state index is -0.639. The van der Waals surface area contributed by atoms with Crippen molar-refractivity contribution in [3.63, 3.8) is 0 Å². The maximum atomic E-state index is 10.9. The fourth-order valence-electron chi connectivity index (χ4n) is 2.67. The van der Waals surface area contributed by atoms with E-state index in [0.717, 1.165) is 19.3 Å². The molecule has 1 heterocycles. The van der Waals surface area contributed by atoms with E-state index >= 15 is 0 Å². The minimum Gasteiger partial charge on any atom is -0.481 e. The van der Waals surface area contributed by atoms with E-state index in [1.165, 1.54) is 11.4 Å². The first kappa shape index (κ1) is 10.3. The minimum absolute atomic E-state index is 0.142. The van der Waals surface area contributed by atoms with E-state index in [9.17, 15) is 4.79 Å². The van der Waals surface area contributed by atoms with Crippen molar-refractivity contribution >= 4 is 5.97 Å². The topological polar surface area (TPSA) is 42.2 Å². The van der Waals surface area contributed by atoms with Gasteiger partial charge in [0.05, 0.1) is 5.92 Å². The molecule has 1 aromatic rings. The summed E-state index contributed by atoms with van der Waals surface area (Å²) >= 11 is 0.